The smallest absolute Gasteiger partial charge is 0.174 e. The molecule has 1 heterocycles. The highest BCUT2D eigenvalue weighted by Crippen LogP contribution is 2.32. The van der Waals surface area contributed by atoms with Gasteiger partial charge in [-0.2, -0.15) is 9.64 Å². The standard InChI is InChI=1S/C14H14N4S2/c1-9-17-14(20-18-9)19-13-5-2-10(6-11(13)7-15)8-16-12-3-4-12/h2,5-6,12,16H,3-4,8H2,1H3. The highest BCUT2D eigenvalue weighted by atomic mass is 32.2. The Balaban J connectivity index is 1.74. The summed E-state index contributed by atoms with van der Waals surface area (Å²) in [5, 5.41) is 12.8. The van der Waals surface area contributed by atoms with E-state index in [4.69, 9.17) is 0 Å². The van der Waals surface area contributed by atoms with Crippen molar-refractivity contribution in [2.75, 3.05) is 0 Å². The minimum Gasteiger partial charge on any atom is -0.310 e. The molecule has 0 bridgehead atoms. The number of rotatable bonds is 5. The molecule has 0 unspecified atom stereocenters. The van der Waals surface area contributed by atoms with Gasteiger partial charge in [-0.25, -0.2) is 4.98 Å². The van der Waals surface area contributed by atoms with E-state index in [2.05, 4.69) is 26.8 Å². The van der Waals surface area contributed by atoms with Crippen LogP contribution in [0.3, 0.4) is 0 Å². The number of benzene rings is 1. The van der Waals surface area contributed by atoms with E-state index < -0.39 is 0 Å². The van der Waals surface area contributed by atoms with Gasteiger partial charge in [0.15, 0.2) is 4.34 Å². The van der Waals surface area contributed by atoms with Gasteiger partial charge in [0, 0.05) is 17.5 Å². The average molecular weight is 302 g/mol. The van der Waals surface area contributed by atoms with Gasteiger partial charge in [-0.15, -0.1) is 0 Å². The number of nitrogens with zero attached hydrogens (tertiary/aromatic N) is 3. The van der Waals surface area contributed by atoms with Crippen LogP contribution in [-0.2, 0) is 6.54 Å². The fraction of sp³-hybridized carbons (Fsp3) is 0.357. The van der Waals surface area contributed by atoms with Crippen LogP contribution in [0.4, 0.5) is 0 Å². The Morgan fingerprint density at radius 3 is 3.00 bits per heavy atom. The van der Waals surface area contributed by atoms with Gasteiger partial charge in [0.2, 0.25) is 0 Å². The molecule has 2 aromatic rings. The first-order chi connectivity index (χ1) is 9.74. The molecule has 1 saturated carbocycles. The largest absolute Gasteiger partial charge is 0.310 e. The van der Waals surface area contributed by atoms with Gasteiger partial charge in [-0.1, -0.05) is 17.8 Å². The lowest BCUT2D eigenvalue weighted by Crippen LogP contribution is -2.15. The van der Waals surface area contributed by atoms with E-state index in [1.165, 1.54) is 36.1 Å². The lowest BCUT2D eigenvalue weighted by atomic mass is 10.1. The lowest BCUT2D eigenvalue weighted by molar-refractivity contribution is 0.687. The van der Waals surface area contributed by atoms with Gasteiger partial charge in [0.1, 0.15) is 11.9 Å². The van der Waals surface area contributed by atoms with Crippen LogP contribution >= 0.6 is 23.3 Å². The fourth-order valence-electron chi connectivity index (χ4n) is 1.83. The molecule has 20 heavy (non-hydrogen) atoms. The van der Waals surface area contributed by atoms with Gasteiger partial charge in [-0.05, 0) is 49.0 Å². The second-order valence-corrected chi connectivity index (χ2v) is 6.85. The molecule has 102 valence electrons. The van der Waals surface area contributed by atoms with Crippen molar-refractivity contribution >= 4 is 23.3 Å². The molecule has 0 aliphatic heterocycles. The molecule has 0 saturated heterocycles. The summed E-state index contributed by atoms with van der Waals surface area (Å²) in [6.45, 7) is 2.71. The van der Waals surface area contributed by atoms with Gasteiger partial charge in [0.05, 0.1) is 5.56 Å². The number of nitrogens with one attached hydrogen (secondary N) is 1. The Hall–Kier alpha value is -1.42. The van der Waals surface area contributed by atoms with Crippen molar-refractivity contribution in [1.82, 2.24) is 14.7 Å². The Labute approximate surface area is 126 Å². The molecule has 1 aliphatic rings. The molecular formula is C14H14N4S2. The quantitative estimate of drug-likeness (QED) is 0.919. The first-order valence-electron chi connectivity index (χ1n) is 6.49. The molecular weight excluding hydrogens is 288 g/mol. The first kappa shape index (κ1) is 13.6. The van der Waals surface area contributed by atoms with E-state index in [0.717, 1.165) is 27.2 Å². The normalized spacial score (nSPS) is 14.2. The summed E-state index contributed by atoms with van der Waals surface area (Å²) >= 11 is 2.88. The molecule has 1 aromatic carbocycles. The zero-order valence-electron chi connectivity index (χ0n) is 11.1. The predicted octanol–water partition coefficient (Wildman–Crippen LogP) is 3.12. The molecule has 1 aromatic heterocycles. The minimum absolute atomic E-state index is 0.680. The molecule has 1 aliphatic carbocycles. The topological polar surface area (TPSA) is 61.6 Å². The van der Waals surface area contributed by atoms with Crippen LogP contribution in [0.15, 0.2) is 27.4 Å². The number of hydrogen-bond acceptors (Lipinski definition) is 6. The van der Waals surface area contributed by atoms with E-state index in [0.29, 0.717) is 11.6 Å². The van der Waals surface area contributed by atoms with Crippen LogP contribution < -0.4 is 5.32 Å². The Morgan fingerprint density at radius 1 is 1.50 bits per heavy atom. The summed E-state index contributed by atoms with van der Waals surface area (Å²) in [5.41, 5.74) is 1.86. The van der Waals surface area contributed by atoms with Crippen molar-refractivity contribution in [1.29, 1.82) is 5.26 Å². The summed E-state index contributed by atoms with van der Waals surface area (Å²) in [5.74, 6) is 0.779. The van der Waals surface area contributed by atoms with Crippen molar-refractivity contribution in [3.63, 3.8) is 0 Å². The monoisotopic (exact) mass is 302 g/mol. The zero-order valence-corrected chi connectivity index (χ0v) is 12.7. The maximum Gasteiger partial charge on any atom is 0.174 e. The Morgan fingerprint density at radius 2 is 2.35 bits per heavy atom. The highest BCUT2D eigenvalue weighted by Gasteiger charge is 2.20. The molecule has 0 amide bonds. The second kappa shape index (κ2) is 5.92. The van der Waals surface area contributed by atoms with Crippen molar-refractivity contribution in [3.05, 3.63) is 35.2 Å². The number of aromatic nitrogens is 2. The predicted molar refractivity (Wildman–Crippen MR) is 79.8 cm³/mol. The zero-order chi connectivity index (χ0) is 13.9. The lowest BCUT2D eigenvalue weighted by Gasteiger charge is -2.06. The molecule has 0 spiro atoms. The van der Waals surface area contributed by atoms with E-state index >= 15 is 0 Å². The summed E-state index contributed by atoms with van der Waals surface area (Å²) in [6.07, 6.45) is 2.55. The molecule has 4 nitrogen and oxygen atoms in total. The maximum atomic E-state index is 9.30. The summed E-state index contributed by atoms with van der Waals surface area (Å²) in [6, 6.07) is 9.00. The van der Waals surface area contributed by atoms with Crippen molar-refractivity contribution in [3.8, 4) is 6.07 Å². The second-order valence-electron chi connectivity index (χ2n) is 4.81. The van der Waals surface area contributed by atoms with E-state index in [-0.39, 0.29) is 0 Å². The molecule has 1 fully saturated rings. The molecule has 6 heteroatoms. The highest BCUT2D eigenvalue weighted by molar-refractivity contribution is 8.01. The summed E-state index contributed by atoms with van der Waals surface area (Å²) in [4.78, 5) is 5.26. The van der Waals surface area contributed by atoms with Gasteiger partial charge < -0.3 is 5.32 Å². The fourth-order valence-corrected chi connectivity index (χ4v) is 3.50. The number of aryl methyl sites for hydroxylation is 1. The molecule has 0 atom stereocenters. The van der Waals surface area contributed by atoms with E-state index in [1.807, 2.05) is 19.1 Å². The van der Waals surface area contributed by atoms with Crippen LogP contribution in [0, 0.1) is 18.3 Å². The van der Waals surface area contributed by atoms with E-state index in [1.54, 1.807) is 0 Å². The van der Waals surface area contributed by atoms with Gasteiger partial charge in [0.25, 0.3) is 0 Å². The van der Waals surface area contributed by atoms with Crippen LogP contribution in [0.5, 0.6) is 0 Å². The molecule has 3 rings (SSSR count). The Bertz CT molecular complexity index is 655. The minimum atomic E-state index is 0.680. The third kappa shape index (κ3) is 3.37. The number of hydrogen-bond donors (Lipinski definition) is 1. The van der Waals surface area contributed by atoms with Crippen molar-refractivity contribution < 1.29 is 0 Å². The van der Waals surface area contributed by atoms with Crippen LogP contribution in [0.25, 0.3) is 0 Å². The van der Waals surface area contributed by atoms with Crippen LogP contribution in [-0.4, -0.2) is 15.4 Å². The van der Waals surface area contributed by atoms with E-state index in [9.17, 15) is 5.26 Å². The third-order valence-electron chi connectivity index (χ3n) is 3.04. The van der Waals surface area contributed by atoms with Crippen molar-refractivity contribution in [2.24, 2.45) is 0 Å². The third-order valence-corrected chi connectivity index (χ3v) is 4.96. The molecule has 1 N–H and O–H groups in total. The van der Waals surface area contributed by atoms with Gasteiger partial charge >= 0.3 is 0 Å². The summed E-state index contributed by atoms with van der Waals surface area (Å²) < 4.78 is 5.04. The van der Waals surface area contributed by atoms with Gasteiger partial charge in [-0.3, -0.25) is 0 Å². The molecule has 0 radical (unpaired) electrons. The average Bonchev–Trinajstić information content (AvgIpc) is 3.20. The summed E-state index contributed by atoms with van der Waals surface area (Å²) in [7, 11) is 0. The maximum absolute atomic E-state index is 9.30. The first-order valence-corrected chi connectivity index (χ1v) is 8.08. The van der Waals surface area contributed by atoms with Crippen LogP contribution in [0.1, 0.15) is 29.8 Å². The van der Waals surface area contributed by atoms with Crippen molar-refractivity contribution in [2.45, 2.75) is 41.6 Å². The SMILES string of the molecule is Cc1nsc(Sc2ccc(CNC3CC3)cc2C#N)n1. The number of nitriles is 1. The van der Waals surface area contributed by atoms with Crippen LogP contribution in [0.2, 0.25) is 0 Å². The Kier molecular flexibility index (Phi) is 4.01.